The number of rotatable bonds is 4. The van der Waals surface area contributed by atoms with Crippen molar-refractivity contribution in [1.29, 1.82) is 0 Å². The summed E-state index contributed by atoms with van der Waals surface area (Å²) in [6.45, 7) is 5.37. The average molecular weight is 341 g/mol. The number of benzene rings is 1. The van der Waals surface area contributed by atoms with Crippen molar-refractivity contribution in [1.82, 2.24) is 14.7 Å². The van der Waals surface area contributed by atoms with Crippen LogP contribution in [0.5, 0.6) is 0 Å². The van der Waals surface area contributed by atoms with Crippen molar-refractivity contribution in [3.05, 3.63) is 47.8 Å². The van der Waals surface area contributed by atoms with E-state index in [1.807, 2.05) is 22.9 Å². The lowest BCUT2D eigenvalue weighted by molar-refractivity contribution is -0.0537. The quantitative estimate of drug-likeness (QED) is 0.928. The molecule has 1 N–H and O–H groups in total. The number of hydrogen-bond donors (Lipinski definition) is 1. The van der Waals surface area contributed by atoms with Crippen LogP contribution >= 0.6 is 0 Å². The predicted octanol–water partition coefficient (Wildman–Crippen LogP) is 2.54. The smallest absolute Gasteiger partial charge is 0.0645 e. The molecule has 1 aliphatic carbocycles. The first kappa shape index (κ1) is 16.8. The van der Waals surface area contributed by atoms with E-state index in [9.17, 15) is 5.11 Å². The lowest BCUT2D eigenvalue weighted by Crippen LogP contribution is -2.50. The molecule has 2 heterocycles. The Morgan fingerprint density at radius 2 is 2.08 bits per heavy atom. The first-order valence-electron chi connectivity index (χ1n) is 9.33. The largest absolute Gasteiger partial charge is 0.393 e. The summed E-state index contributed by atoms with van der Waals surface area (Å²) in [4.78, 5) is 2.49. The lowest BCUT2D eigenvalue weighted by Gasteiger charge is -2.40. The van der Waals surface area contributed by atoms with Gasteiger partial charge in [-0.05, 0) is 31.9 Å². The average Bonchev–Trinajstić information content (AvgIpc) is 3.22. The lowest BCUT2D eigenvalue weighted by atomic mass is 9.94. The minimum Gasteiger partial charge on any atom is -0.393 e. The maximum atomic E-state index is 10.3. The number of aryl methyl sites for hydroxylation is 1. The van der Waals surface area contributed by atoms with Gasteiger partial charge in [0.25, 0.3) is 0 Å². The van der Waals surface area contributed by atoms with Crippen LogP contribution in [0.15, 0.2) is 36.5 Å². The molecule has 134 valence electrons. The van der Waals surface area contributed by atoms with Gasteiger partial charge in [-0.3, -0.25) is 4.90 Å². The number of para-hydroxylation sites is 1. The Morgan fingerprint density at radius 1 is 1.24 bits per heavy atom. The van der Waals surface area contributed by atoms with Gasteiger partial charge in [0.2, 0.25) is 0 Å². The van der Waals surface area contributed by atoms with Gasteiger partial charge in [0.05, 0.1) is 30.7 Å². The summed E-state index contributed by atoms with van der Waals surface area (Å²) in [5, 5.41) is 15.0. The monoisotopic (exact) mass is 341 g/mol. The summed E-state index contributed by atoms with van der Waals surface area (Å²) in [5.74, 6) is 0.338. The fraction of sp³-hybridized carbons (Fsp3) is 0.550. The second-order valence-electron chi connectivity index (χ2n) is 7.29. The topological polar surface area (TPSA) is 50.5 Å². The number of hydrogen-bond acceptors (Lipinski definition) is 4. The van der Waals surface area contributed by atoms with Crippen LogP contribution in [0, 0.1) is 12.8 Å². The standard InChI is InChI=1S/C20H27N3O2/c1-15-16(13-23(21-15)17-6-3-2-4-7-17)12-22-10-11-25-14-19(22)18-8-5-9-20(18)24/h2-4,6-7,13,18-20,24H,5,8-12,14H2,1H3/t18-,19-,20-/m1/s1. The zero-order valence-electron chi connectivity index (χ0n) is 14.8. The number of ether oxygens (including phenoxy) is 1. The molecule has 1 aromatic heterocycles. The first-order valence-corrected chi connectivity index (χ1v) is 9.33. The third-order valence-electron chi connectivity index (χ3n) is 5.70. The zero-order valence-corrected chi connectivity index (χ0v) is 14.8. The van der Waals surface area contributed by atoms with Crippen LogP contribution in [-0.2, 0) is 11.3 Å². The molecule has 5 heteroatoms. The summed E-state index contributed by atoms with van der Waals surface area (Å²) >= 11 is 0. The summed E-state index contributed by atoms with van der Waals surface area (Å²) in [6, 6.07) is 10.5. The zero-order chi connectivity index (χ0) is 17.2. The van der Waals surface area contributed by atoms with E-state index in [1.54, 1.807) is 0 Å². The highest BCUT2D eigenvalue weighted by atomic mass is 16.5. The number of aliphatic hydroxyl groups is 1. The first-order chi connectivity index (χ1) is 12.2. The van der Waals surface area contributed by atoms with Crippen LogP contribution in [0.3, 0.4) is 0 Å². The van der Waals surface area contributed by atoms with E-state index in [2.05, 4.69) is 30.2 Å². The number of aromatic nitrogens is 2. The minimum absolute atomic E-state index is 0.178. The van der Waals surface area contributed by atoms with Crippen molar-refractivity contribution in [3.8, 4) is 5.69 Å². The van der Waals surface area contributed by atoms with Crippen LogP contribution in [0.1, 0.15) is 30.5 Å². The highest BCUT2D eigenvalue weighted by Gasteiger charge is 2.37. The molecule has 3 atom stereocenters. The second-order valence-corrected chi connectivity index (χ2v) is 7.29. The van der Waals surface area contributed by atoms with Crippen molar-refractivity contribution < 1.29 is 9.84 Å². The molecule has 2 fully saturated rings. The van der Waals surface area contributed by atoms with Crippen LogP contribution in [0.2, 0.25) is 0 Å². The number of morpholine rings is 1. The molecule has 0 amide bonds. The molecule has 0 bridgehead atoms. The maximum Gasteiger partial charge on any atom is 0.0645 e. The Kier molecular flexibility index (Phi) is 4.88. The third-order valence-corrected chi connectivity index (χ3v) is 5.70. The summed E-state index contributed by atoms with van der Waals surface area (Å²) in [7, 11) is 0. The van der Waals surface area contributed by atoms with Gasteiger partial charge in [-0.25, -0.2) is 4.68 Å². The summed E-state index contributed by atoms with van der Waals surface area (Å²) in [6.07, 6.45) is 5.12. The van der Waals surface area contributed by atoms with Gasteiger partial charge in [0.15, 0.2) is 0 Å². The van der Waals surface area contributed by atoms with Crippen molar-refractivity contribution in [2.45, 2.75) is 44.9 Å². The normalized spacial score (nSPS) is 27.7. The molecule has 1 aromatic carbocycles. The fourth-order valence-corrected chi connectivity index (χ4v) is 4.25. The molecular formula is C20H27N3O2. The van der Waals surface area contributed by atoms with Crippen LogP contribution < -0.4 is 0 Å². The Balaban J connectivity index is 1.53. The second kappa shape index (κ2) is 7.28. The molecule has 4 rings (SSSR count). The molecule has 0 radical (unpaired) electrons. The molecule has 1 saturated carbocycles. The van der Waals surface area contributed by atoms with Crippen LogP contribution in [0.4, 0.5) is 0 Å². The highest BCUT2D eigenvalue weighted by Crippen LogP contribution is 2.33. The van der Waals surface area contributed by atoms with E-state index >= 15 is 0 Å². The highest BCUT2D eigenvalue weighted by molar-refractivity contribution is 5.32. The molecule has 1 aliphatic heterocycles. The van der Waals surface area contributed by atoms with Gasteiger partial charge in [-0.2, -0.15) is 5.10 Å². The molecule has 0 unspecified atom stereocenters. The van der Waals surface area contributed by atoms with E-state index in [0.29, 0.717) is 12.0 Å². The summed E-state index contributed by atoms with van der Waals surface area (Å²) in [5.41, 5.74) is 3.41. The van der Waals surface area contributed by atoms with Gasteiger partial charge in [0, 0.05) is 36.8 Å². The van der Waals surface area contributed by atoms with Gasteiger partial charge in [-0.1, -0.05) is 24.6 Å². The summed E-state index contributed by atoms with van der Waals surface area (Å²) < 4.78 is 7.70. The third kappa shape index (κ3) is 3.50. The molecule has 2 aromatic rings. The minimum atomic E-state index is -0.178. The Labute approximate surface area is 149 Å². The van der Waals surface area contributed by atoms with Crippen molar-refractivity contribution in [2.24, 2.45) is 5.92 Å². The number of nitrogens with zero attached hydrogens (tertiary/aromatic N) is 3. The van der Waals surface area contributed by atoms with E-state index < -0.39 is 0 Å². The maximum absolute atomic E-state index is 10.3. The molecule has 5 nitrogen and oxygen atoms in total. The van der Waals surface area contributed by atoms with Gasteiger partial charge in [0.1, 0.15) is 0 Å². The SMILES string of the molecule is Cc1nn(-c2ccccc2)cc1CN1CCOC[C@@H]1[C@H]1CCC[C@H]1O. The molecule has 25 heavy (non-hydrogen) atoms. The van der Waals surface area contributed by atoms with E-state index in [0.717, 1.165) is 56.9 Å². The fourth-order valence-electron chi connectivity index (χ4n) is 4.25. The van der Waals surface area contributed by atoms with E-state index in [4.69, 9.17) is 9.84 Å². The van der Waals surface area contributed by atoms with Crippen LogP contribution in [-0.4, -0.2) is 51.7 Å². The van der Waals surface area contributed by atoms with Crippen LogP contribution in [0.25, 0.3) is 5.69 Å². The van der Waals surface area contributed by atoms with Gasteiger partial charge in [-0.15, -0.1) is 0 Å². The van der Waals surface area contributed by atoms with Crippen molar-refractivity contribution in [2.75, 3.05) is 19.8 Å². The Bertz CT molecular complexity index is 700. The predicted molar refractivity (Wildman–Crippen MR) is 96.7 cm³/mol. The van der Waals surface area contributed by atoms with Gasteiger partial charge < -0.3 is 9.84 Å². The van der Waals surface area contributed by atoms with Crippen molar-refractivity contribution in [3.63, 3.8) is 0 Å². The van der Waals surface area contributed by atoms with Crippen molar-refractivity contribution >= 4 is 0 Å². The number of aliphatic hydroxyl groups excluding tert-OH is 1. The van der Waals surface area contributed by atoms with E-state index in [-0.39, 0.29) is 6.10 Å². The Morgan fingerprint density at radius 3 is 2.84 bits per heavy atom. The molecule has 2 aliphatic rings. The molecule has 1 saturated heterocycles. The van der Waals surface area contributed by atoms with E-state index in [1.165, 1.54) is 5.56 Å². The Hall–Kier alpha value is -1.69. The molecule has 0 spiro atoms. The molecular weight excluding hydrogens is 314 g/mol. The van der Waals surface area contributed by atoms with Gasteiger partial charge >= 0.3 is 0 Å².